The fourth-order valence-electron chi connectivity index (χ4n) is 3.00. The molecular weight excluding hydrogens is 336 g/mol. The van der Waals surface area contributed by atoms with E-state index in [1.807, 2.05) is 85.8 Å². The summed E-state index contributed by atoms with van der Waals surface area (Å²) >= 11 is 0. The van der Waals surface area contributed by atoms with Gasteiger partial charge in [0.25, 0.3) is 0 Å². The zero-order chi connectivity index (χ0) is 19.1. The molecule has 3 aromatic carbocycles. The Bertz CT molecular complexity index is 840. The number of ether oxygens (including phenoxy) is 1. The van der Waals surface area contributed by atoms with E-state index in [1.165, 1.54) is 0 Å². The van der Waals surface area contributed by atoms with E-state index in [0.717, 1.165) is 28.1 Å². The van der Waals surface area contributed by atoms with Crippen LogP contribution in [0.25, 0.3) is 0 Å². The zero-order valence-electron chi connectivity index (χ0n) is 15.6. The number of carbonyl (C=O) groups is 1. The Morgan fingerprint density at radius 2 is 1.52 bits per heavy atom. The smallest absolute Gasteiger partial charge is 0.240 e. The van der Waals surface area contributed by atoms with Gasteiger partial charge in [0, 0.05) is 0 Å². The van der Waals surface area contributed by atoms with Crippen molar-refractivity contribution in [3.8, 4) is 5.75 Å². The van der Waals surface area contributed by atoms with E-state index in [4.69, 9.17) is 4.74 Å². The minimum atomic E-state index is -0.193. The maximum Gasteiger partial charge on any atom is 0.240 e. The monoisotopic (exact) mass is 360 g/mol. The van der Waals surface area contributed by atoms with E-state index in [2.05, 4.69) is 10.6 Å². The lowest BCUT2D eigenvalue weighted by Crippen LogP contribution is -2.34. The quantitative estimate of drug-likeness (QED) is 0.660. The van der Waals surface area contributed by atoms with Crippen LogP contribution in [-0.2, 0) is 4.79 Å². The number of amides is 1. The first kappa shape index (κ1) is 18.5. The molecule has 3 rings (SSSR count). The first-order valence-corrected chi connectivity index (χ1v) is 8.95. The Morgan fingerprint density at radius 1 is 0.926 bits per heavy atom. The third-order valence-electron chi connectivity index (χ3n) is 4.37. The van der Waals surface area contributed by atoms with Crippen LogP contribution in [0, 0.1) is 6.92 Å². The highest BCUT2D eigenvalue weighted by Crippen LogP contribution is 2.25. The second-order valence-electron chi connectivity index (χ2n) is 6.38. The van der Waals surface area contributed by atoms with E-state index in [0.29, 0.717) is 0 Å². The zero-order valence-corrected chi connectivity index (χ0v) is 15.6. The number of methoxy groups -OCH3 is 1. The van der Waals surface area contributed by atoms with Gasteiger partial charge in [0.15, 0.2) is 0 Å². The first-order valence-electron chi connectivity index (χ1n) is 8.95. The molecule has 138 valence electrons. The predicted molar refractivity (Wildman–Crippen MR) is 109 cm³/mol. The molecule has 1 amide bonds. The van der Waals surface area contributed by atoms with Crippen LogP contribution in [-0.4, -0.2) is 19.6 Å². The van der Waals surface area contributed by atoms with Crippen LogP contribution in [0.2, 0.25) is 0 Å². The number of rotatable bonds is 7. The molecule has 0 aliphatic heterocycles. The molecule has 0 saturated carbocycles. The summed E-state index contributed by atoms with van der Waals surface area (Å²) in [6, 6.07) is 25.6. The van der Waals surface area contributed by atoms with Gasteiger partial charge >= 0.3 is 0 Å². The number of carbonyl (C=O) groups excluding carboxylic acids is 1. The van der Waals surface area contributed by atoms with Gasteiger partial charge in [0.1, 0.15) is 5.75 Å². The summed E-state index contributed by atoms with van der Waals surface area (Å²) in [5, 5.41) is 6.31. The van der Waals surface area contributed by atoms with Crippen molar-refractivity contribution in [3.63, 3.8) is 0 Å². The molecule has 0 spiro atoms. The largest absolute Gasteiger partial charge is 0.495 e. The lowest BCUT2D eigenvalue weighted by atomic mass is 9.99. The molecule has 0 fully saturated rings. The highest BCUT2D eigenvalue weighted by Gasteiger charge is 2.16. The Hall–Kier alpha value is -3.27. The van der Waals surface area contributed by atoms with Crippen LogP contribution in [0.4, 0.5) is 5.69 Å². The van der Waals surface area contributed by atoms with E-state index in [-0.39, 0.29) is 18.5 Å². The number of benzene rings is 3. The van der Waals surface area contributed by atoms with Gasteiger partial charge in [-0.25, -0.2) is 0 Å². The number of hydrogen-bond donors (Lipinski definition) is 2. The Labute approximate surface area is 160 Å². The summed E-state index contributed by atoms with van der Waals surface area (Å²) < 4.78 is 5.36. The molecule has 0 saturated heterocycles. The van der Waals surface area contributed by atoms with Gasteiger partial charge < -0.3 is 15.4 Å². The normalized spacial score (nSPS) is 10.5. The first-order chi connectivity index (χ1) is 13.2. The number of aryl methyl sites for hydroxylation is 1. The van der Waals surface area contributed by atoms with E-state index in [1.54, 1.807) is 7.11 Å². The summed E-state index contributed by atoms with van der Waals surface area (Å²) in [5.74, 6) is 0.632. The topological polar surface area (TPSA) is 50.4 Å². The van der Waals surface area contributed by atoms with Gasteiger partial charge in [-0.15, -0.1) is 0 Å². The summed E-state index contributed by atoms with van der Waals surface area (Å²) in [6.45, 7) is 2.17. The molecule has 0 aliphatic carbocycles. The highest BCUT2D eigenvalue weighted by atomic mass is 16.5. The van der Waals surface area contributed by atoms with Crippen molar-refractivity contribution in [3.05, 3.63) is 95.6 Å². The molecule has 4 nitrogen and oxygen atoms in total. The van der Waals surface area contributed by atoms with Gasteiger partial charge in [-0.2, -0.15) is 0 Å². The Morgan fingerprint density at radius 3 is 2.07 bits per heavy atom. The summed E-state index contributed by atoms with van der Waals surface area (Å²) in [5.41, 5.74) is 4.00. The van der Waals surface area contributed by atoms with Crippen LogP contribution >= 0.6 is 0 Å². The van der Waals surface area contributed by atoms with Gasteiger partial charge in [-0.1, -0.05) is 66.7 Å². The number of hydrogen-bond acceptors (Lipinski definition) is 3. The lowest BCUT2D eigenvalue weighted by Gasteiger charge is -2.20. The molecule has 0 heterocycles. The van der Waals surface area contributed by atoms with E-state index >= 15 is 0 Å². The molecular formula is C23H24N2O2. The van der Waals surface area contributed by atoms with Crippen molar-refractivity contribution in [2.75, 3.05) is 19.0 Å². The maximum absolute atomic E-state index is 12.6. The Balaban J connectivity index is 1.73. The lowest BCUT2D eigenvalue weighted by molar-refractivity contribution is -0.119. The van der Waals surface area contributed by atoms with Gasteiger partial charge in [0.05, 0.1) is 25.4 Å². The fraction of sp³-hybridized carbons (Fsp3) is 0.174. The minimum Gasteiger partial charge on any atom is -0.495 e. The second-order valence-corrected chi connectivity index (χ2v) is 6.38. The Kier molecular flexibility index (Phi) is 6.10. The molecule has 0 bridgehead atoms. The van der Waals surface area contributed by atoms with Crippen molar-refractivity contribution in [2.45, 2.75) is 13.0 Å². The van der Waals surface area contributed by atoms with Crippen LogP contribution in [0.5, 0.6) is 5.75 Å². The molecule has 27 heavy (non-hydrogen) atoms. The molecule has 0 atom stereocenters. The maximum atomic E-state index is 12.6. The van der Waals surface area contributed by atoms with E-state index in [9.17, 15) is 4.79 Å². The van der Waals surface area contributed by atoms with E-state index < -0.39 is 0 Å². The molecule has 0 radical (unpaired) electrons. The van der Waals surface area contributed by atoms with Crippen molar-refractivity contribution in [2.24, 2.45) is 0 Å². The van der Waals surface area contributed by atoms with Gasteiger partial charge in [-0.05, 0) is 35.7 Å². The average molecular weight is 360 g/mol. The number of nitrogens with one attached hydrogen (secondary N) is 2. The minimum absolute atomic E-state index is 0.0868. The average Bonchev–Trinajstić information content (AvgIpc) is 2.72. The van der Waals surface area contributed by atoms with Crippen molar-refractivity contribution in [1.29, 1.82) is 0 Å². The summed E-state index contributed by atoms with van der Waals surface area (Å²) in [7, 11) is 1.62. The van der Waals surface area contributed by atoms with Crippen LogP contribution in [0.3, 0.4) is 0 Å². The molecule has 0 aromatic heterocycles. The van der Waals surface area contributed by atoms with Crippen molar-refractivity contribution >= 4 is 11.6 Å². The molecule has 3 aromatic rings. The van der Waals surface area contributed by atoms with Gasteiger partial charge in [0.2, 0.25) is 5.91 Å². The van der Waals surface area contributed by atoms with Crippen molar-refractivity contribution < 1.29 is 9.53 Å². The molecule has 2 N–H and O–H groups in total. The van der Waals surface area contributed by atoms with Gasteiger partial charge in [-0.3, -0.25) is 4.79 Å². The fourth-order valence-corrected chi connectivity index (χ4v) is 3.00. The highest BCUT2D eigenvalue weighted by molar-refractivity contribution is 5.82. The molecule has 4 heteroatoms. The second kappa shape index (κ2) is 8.90. The van der Waals surface area contributed by atoms with Crippen LogP contribution in [0.1, 0.15) is 22.7 Å². The SMILES string of the molecule is COc1ccc(C)cc1NCC(=O)NC(c1ccccc1)c1ccccc1. The molecule has 0 aliphatic rings. The van der Waals surface area contributed by atoms with Crippen LogP contribution in [0.15, 0.2) is 78.9 Å². The predicted octanol–water partition coefficient (Wildman–Crippen LogP) is 4.32. The summed E-state index contributed by atoms with van der Waals surface area (Å²) in [6.07, 6.45) is 0. The summed E-state index contributed by atoms with van der Waals surface area (Å²) in [4.78, 5) is 12.6. The standard InChI is InChI=1S/C23H24N2O2/c1-17-13-14-21(27-2)20(15-17)24-16-22(26)25-23(18-9-5-3-6-10-18)19-11-7-4-8-12-19/h3-15,23-24H,16H2,1-2H3,(H,25,26). The third kappa shape index (κ3) is 4.88. The van der Waals surface area contributed by atoms with Crippen LogP contribution < -0.4 is 15.4 Å². The third-order valence-corrected chi connectivity index (χ3v) is 4.37. The van der Waals surface area contributed by atoms with Crippen molar-refractivity contribution in [1.82, 2.24) is 5.32 Å². The molecule has 0 unspecified atom stereocenters. The number of anilines is 1.